The van der Waals surface area contributed by atoms with Gasteiger partial charge in [-0.1, -0.05) is 44.9 Å². The summed E-state index contributed by atoms with van der Waals surface area (Å²) in [5.74, 6) is 2.43. The Balaban J connectivity index is 2.82. The summed E-state index contributed by atoms with van der Waals surface area (Å²) in [6, 6.07) is 6.71. The molecule has 0 amide bonds. The molecular formula is C16H23FOSi. The molecule has 0 unspecified atom stereocenters. The molecule has 0 aliphatic heterocycles. The van der Waals surface area contributed by atoms with E-state index in [9.17, 15) is 4.39 Å². The summed E-state index contributed by atoms with van der Waals surface area (Å²) in [7, 11) is -1.93. The van der Waals surface area contributed by atoms with Gasteiger partial charge in [0.25, 0.3) is 0 Å². The van der Waals surface area contributed by atoms with Crippen LogP contribution in [0.5, 0.6) is 0 Å². The minimum atomic E-state index is -1.93. The standard InChI is InChI=1S/C16H23FOSi/c1-7-14(18-19(5,6)16(2,3)4)12-13-10-8-9-11-15(13)17/h1,8-11,14H,12H2,2-6H3/t14-/m0/s1. The normalized spacial score (nSPS) is 13.9. The minimum absolute atomic E-state index is 0.0946. The summed E-state index contributed by atoms with van der Waals surface area (Å²) < 4.78 is 19.8. The van der Waals surface area contributed by atoms with Crippen LogP contribution in [0.15, 0.2) is 24.3 Å². The summed E-state index contributed by atoms with van der Waals surface area (Å²) in [6.45, 7) is 10.8. The molecule has 0 heterocycles. The van der Waals surface area contributed by atoms with E-state index in [-0.39, 0.29) is 17.0 Å². The van der Waals surface area contributed by atoms with Gasteiger partial charge < -0.3 is 4.43 Å². The second-order valence-corrected chi connectivity index (χ2v) is 11.1. The maximum absolute atomic E-state index is 13.6. The number of terminal acetylenes is 1. The van der Waals surface area contributed by atoms with Gasteiger partial charge in [-0.15, -0.1) is 6.42 Å². The van der Waals surface area contributed by atoms with E-state index in [0.717, 1.165) is 0 Å². The van der Waals surface area contributed by atoms with Gasteiger partial charge in [-0.3, -0.25) is 0 Å². The molecular weight excluding hydrogens is 255 g/mol. The van der Waals surface area contributed by atoms with Crippen LogP contribution in [0.4, 0.5) is 4.39 Å². The molecule has 0 saturated carbocycles. The van der Waals surface area contributed by atoms with Gasteiger partial charge in [0.15, 0.2) is 8.32 Å². The largest absolute Gasteiger partial charge is 0.403 e. The van der Waals surface area contributed by atoms with Gasteiger partial charge >= 0.3 is 0 Å². The number of hydrogen-bond donors (Lipinski definition) is 0. The molecule has 3 heteroatoms. The van der Waals surface area contributed by atoms with Crippen LogP contribution in [-0.2, 0) is 10.8 Å². The van der Waals surface area contributed by atoms with Gasteiger partial charge in [-0.2, -0.15) is 0 Å². The van der Waals surface area contributed by atoms with E-state index in [1.165, 1.54) is 6.07 Å². The zero-order chi connectivity index (χ0) is 14.7. The van der Waals surface area contributed by atoms with Gasteiger partial charge in [0, 0.05) is 6.42 Å². The lowest BCUT2D eigenvalue weighted by molar-refractivity contribution is 0.232. The molecule has 104 valence electrons. The van der Waals surface area contributed by atoms with E-state index in [1.807, 2.05) is 6.07 Å². The fraction of sp³-hybridized carbons (Fsp3) is 0.500. The zero-order valence-electron chi connectivity index (χ0n) is 12.5. The predicted molar refractivity (Wildman–Crippen MR) is 81.0 cm³/mol. The molecule has 0 fully saturated rings. The maximum atomic E-state index is 13.6. The number of benzene rings is 1. The van der Waals surface area contributed by atoms with Gasteiger partial charge in [0.05, 0.1) is 0 Å². The number of halogens is 1. The lowest BCUT2D eigenvalue weighted by atomic mass is 10.1. The molecule has 1 atom stereocenters. The lowest BCUT2D eigenvalue weighted by Gasteiger charge is -2.38. The van der Waals surface area contributed by atoms with E-state index in [1.54, 1.807) is 12.1 Å². The van der Waals surface area contributed by atoms with Gasteiger partial charge in [0.1, 0.15) is 11.9 Å². The Labute approximate surface area is 117 Å². The first-order valence-electron chi connectivity index (χ1n) is 6.55. The summed E-state index contributed by atoms with van der Waals surface area (Å²) >= 11 is 0. The van der Waals surface area contributed by atoms with Crippen LogP contribution in [0.25, 0.3) is 0 Å². The van der Waals surface area contributed by atoms with E-state index in [0.29, 0.717) is 12.0 Å². The first-order chi connectivity index (χ1) is 8.67. The topological polar surface area (TPSA) is 9.23 Å². The Bertz CT molecular complexity index is 468. The molecule has 0 saturated heterocycles. The van der Waals surface area contributed by atoms with Crippen molar-refractivity contribution in [3.63, 3.8) is 0 Å². The number of hydrogen-bond acceptors (Lipinski definition) is 1. The van der Waals surface area contributed by atoms with Crippen molar-refractivity contribution in [2.75, 3.05) is 0 Å². The Kier molecular flexibility index (Phi) is 4.95. The molecule has 0 spiro atoms. The molecule has 0 bridgehead atoms. The highest BCUT2D eigenvalue weighted by molar-refractivity contribution is 6.74. The van der Waals surface area contributed by atoms with Crippen LogP contribution in [-0.4, -0.2) is 14.4 Å². The van der Waals surface area contributed by atoms with Crippen LogP contribution in [0.1, 0.15) is 26.3 Å². The summed E-state index contributed by atoms with van der Waals surface area (Å²) in [5.41, 5.74) is 0.615. The first kappa shape index (κ1) is 15.9. The molecule has 1 rings (SSSR count). The third-order valence-electron chi connectivity index (χ3n) is 3.79. The molecule has 0 N–H and O–H groups in total. The van der Waals surface area contributed by atoms with Crippen molar-refractivity contribution in [1.29, 1.82) is 0 Å². The summed E-state index contributed by atoms with van der Waals surface area (Å²) in [6.07, 6.45) is 5.61. The maximum Gasteiger partial charge on any atom is 0.193 e. The van der Waals surface area contributed by atoms with Crippen LogP contribution < -0.4 is 0 Å². The van der Waals surface area contributed by atoms with Crippen molar-refractivity contribution in [2.45, 2.75) is 51.4 Å². The van der Waals surface area contributed by atoms with Crippen molar-refractivity contribution in [1.82, 2.24) is 0 Å². The van der Waals surface area contributed by atoms with Gasteiger partial charge in [-0.25, -0.2) is 4.39 Å². The Morgan fingerprint density at radius 3 is 2.37 bits per heavy atom. The van der Waals surface area contributed by atoms with E-state index >= 15 is 0 Å². The molecule has 0 radical (unpaired) electrons. The average molecular weight is 278 g/mol. The lowest BCUT2D eigenvalue weighted by Crippen LogP contribution is -2.44. The van der Waals surface area contributed by atoms with Gasteiger partial charge in [0.2, 0.25) is 0 Å². The van der Waals surface area contributed by atoms with Crippen LogP contribution in [0.3, 0.4) is 0 Å². The minimum Gasteiger partial charge on any atom is -0.403 e. The highest BCUT2D eigenvalue weighted by atomic mass is 28.4. The molecule has 1 aromatic carbocycles. The van der Waals surface area contributed by atoms with Crippen molar-refractivity contribution in [3.8, 4) is 12.3 Å². The monoisotopic (exact) mass is 278 g/mol. The third-order valence-corrected chi connectivity index (χ3v) is 8.28. The molecule has 19 heavy (non-hydrogen) atoms. The predicted octanol–water partition coefficient (Wildman–Crippen LogP) is 4.39. The van der Waals surface area contributed by atoms with Crippen molar-refractivity contribution >= 4 is 8.32 Å². The zero-order valence-corrected chi connectivity index (χ0v) is 13.5. The molecule has 0 aliphatic rings. The second kappa shape index (κ2) is 5.90. The van der Waals surface area contributed by atoms with Crippen LogP contribution >= 0.6 is 0 Å². The number of rotatable bonds is 4. The summed E-state index contributed by atoms with van der Waals surface area (Å²) in [5, 5.41) is 0.0946. The van der Waals surface area contributed by atoms with E-state index in [4.69, 9.17) is 10.8 Å². The Morgan fingerprint density at radius 1 is 1.32 bits per heavy atom. The van der Waals surface area contributed by atoms with Crippen molar-refractivity contribution < 1.29 is 8.82 Å². The highest BCUT2D eigenvalue weighted by Crippen LogP contribution is 2.37. The second-order valence-electron chi connectivity index (χ2n) is 6.33. The van der Waals surface area contributed by atoms with E-state index in [2.05, 4.69) is 39.8 Å². The summed E-state index contributed by atoms with van der Waals surface area (Å²) in [4.78, 5) is 0. The van der Waals surface area contributed by atoms with Crippen LogP contribution in [0.2, 0.25) is 18.1 Å². The Hall–Kier alpha value is -1.11. The van der Waals surface area contributed by atoms with E-state index < -0.39 is 8.32 Å². The Morgan fingerprint density at radius 2 is 1.89 bits per heavy atom. The molecule has 1 nitrogen and oxygen atoms in total. The smallest absolute Gasteiger partial charge is 0.193 e. The fourth-order valence-electron chi connectivity index (χ4n) is 1.53. The average Bonchev–Trinajstić information content (AvgIpc) is 2.29. The van der Waals surface area contributed by atoms with Crippen molar-refractivity contribution in [3.05, 3.63) is 35.6 Å². The SMILES string of the molecule is C#C[C@@H](Cc1ccccc1F)O[Si](C)(C)C(C)(C)C. The first-order valence-corrected chi connectivity index (χ1v) is 9.45. The van der Waals surface area contributed by atoms with Gasteiger partial charge in [-0.05, 0) is 29.8 Å². The quantitative estimate of drug-likeness (QED) is 0.586. The fourth-order valence-corrected chi connectivity index (χ4v) is 2.75. The van der Waals surface area contributed by atoms with Crippen LogP contribution in [0, 0.1) is 18.2 Å². The highest BCUT2D eigenvalue weighted by Gasteiger charge is 2.38. The molecule has 1 aromatic rings. The molecule has 0 aliphatic carbocycles. The third kappa shape index (κ3) is 4.19. The van der Waals surface area contributed by atoms with Crippen molar-refractivity contribution in [2.24, 2.45) is 0 Å². The molecule has 0 aromatic heterocycles.